The Morgan fingerprint density at radius 1 is 1.37 bits per heavy atom. The first-order valence-electron chi connectivity index (χ1n) is 6.45. The highest BCUT2D eigenvalue weighted by Gasteiger charge is 2.19. The van der Waals surface area contributed by atoms with Crippen LogP contribution < -0.4 is 4.74 Å². The molecule has 5 heteroatoms. The zero-order valence-corrected chi connectivity index (χ0v) is 12.2. The predicted octanol–water partition coefficient (Wildman–Crippen LogP) is 3.28. The first-order chi connectivity index (χ1) is 9.20. The zero-order valence-electron chi connectivity index (χ0n) is 10.6. The van der Waals surface area contributed by atoms with Crippen molar-refractivity contribution in [2.75, 3.05) is 26.2 Å². The molecule has 19 heavy (non-hydrogen) atoms. The predicted molar refractivity (Wildman–Crippen MR) is 77.2 cm³/mol. The lowest BCUT2D eigenvalue weighted by Crippen LogP contribution is -2.38. The van der Waals surface area contributed by atoms with Gasteiger partial charge in [0.15, 0.2) is 5.75 Å². The number of rotatable bonds is 5. The van der Waals surface area contributed by atoms with Crippen molar-refractivity contribution in [3.05, 3.63) is 28.2 Å². The highest BCUT2D eigenvalue weighted by atomic mass is 35.5. The van der Waals surface area contributed by atoms with Gasteiger partial charge in [-0.3, -0.25) is 4.90 Å². The quantitative estimate of drug-likeness (QED) is 0.782. The molecule has 1 heterocycles. The van der Waals surface area contributed by atoms with Gasteiger partial charge in [0.2, 0.25) is 0 Å². The molecule has 0 saturated carbocycles. The number of hydrogen-bond acceptors (Lipinski definition) is 3. The number of para-hydroxylation sites is 1. The number of ether oxygens (including phenoxy) is 1. The molecule has 1 aliphatic rings. The highest BCUT2D eigenvalue weighted by Crippen LogP contribution is 2.32. The normalized spacial score (nSPS) is 20.2. The molecule has 0 bridgehead atoms. The van der Waals surface area contributed by atoms with Crippen LogP contribution in [0.1, 0.15) is 12.8 Å². The molecule has 0 aromatic heterocycles. The van der Waals surface area contributed by atoms with E-state index in [0.717, 1.165) is 38.8 Å². The summed E-state index contributed by atoms with van der Waals surface area (Å²) in [6.45, 7) is 3.15. The Hall–Kier alpha value is -0.770. The smallest absolute Gasteiger partial charge is 0.156 e. The van der Waals surface area contributed by atoms with E-state index in [1.165, 1.54) is 0 Å². The van der Waals surface area contributed by atoms with Crippen LogP contribution in [0.4, 0.5) is 0 Å². The molecule has 104 valence electrons. The molecule has 1 aromatic carbocycles. The maximum absolute atomic E-state index is 10.8. The topological polar surface area (TPSA) is 29.5 Å². The second kappa shape index (κ2) is 7.13. The van der Waals surface area contributed by atoms with E-state index in [4.69, 9.17) is 27.9 Å². The van der Waals surface area contributed by atoms with Gasteiger partial charge in [-0.15, -0.1) is 0 Å². The van der Waals surface area contributed by atoms with Crippen molar-refractivity contribution in [3.8, 4) is 5.75 Å². The summed E-state index contributed by atoms with van der Waals surface area (Å²) in [5, 5.41) is 1.05. The molecule has 1 fully saturated rings. The Morgan fingerprint density at radius 2 is 2.11 bits per heavy atom. The molecule has 0 radical (unpaired) electrons. The van der Waals surface area contributed by atoms with Crippen molar-refractivity contribution in [3.63, 3.8) is 0 Å². The minimum Gasteiger partial charge on any atom is -0.489 e. The molecule has 0 spiro atoms. The average Bonchev–Trinajstić information content (AvgIpc) is 2.42. The fraction of sp³-hybridized carbons (Fsp3) is 0.500. The third kappa shape index (κ3) is 4.10. The first kappa shape index (κ1) is 14.6. The Morgan fingerprint density at radius 3 is 2.79 bits per heavy atom. The molecule has 0 aliphatic carbocycles. The van der Waals surface area contributed by atoms with Gasteiger partial charge in [-0.25, -0.2) is 0 Å². The molecule has 0 N–H and O–H groups in total. The van der Waals surface area contributed by atoms with E-state index < -0.39 is 0 Å². The number of halogens is 2. The average molecular weight is 302 g/mol. The SMILES string of the molecule is O=CC1CCCN(CCOc2c(Cl)cccc2Cl)C1. The summed E-state index contributed by atoms with van der Waals surface area (Å²) in [5.41, 5.74) is 0. The van der Waals surface area contributed by atoms with Gasteiger partial charge in [0.1, 0.15) is 12.9 Å². The van der Waals surface area contributed by atoms with Gasteiger partial charge >= 0.3 is 0 Å². The second-order valence-electron chi connectivity index (χ2n) is 4.74. The monoisotopic (exact) mass is 301 g/mol. The van der Waals surface area contributed by atoms with Crippen LogP contribution in [-0.2, 0) is 4.79 Å². The summed E-state index contributed by atoms with van der Waals surface area (Å²) < 4.78 is 5.65. The van der Waals surface area contributed by atoms with Crippen molar-refractivity contribution in [2.24, 2.45) is 5.92 Å². The third-order valence-electron chi connectivity index (χ3n) is 3.31. The molecule has 0 amide bonds. The molecule has 3 nitrogen and oxygen atoms in total. The lowest BCUT2D eigenvalue weighted by atomic mass is 10.00. The van der Waals surface area contributed by atoms with Gasteiger partial charge in [0.05, 0.1) is 10.0 Å². The molecule has 1 saturated heterocycles. The Kier molecular flexibility index (Phi) is 5.49. The summed E-state index contributed by atoms with van der Waals surface area (Å²) in [7, 11) is 0. The van der Waals surface area contributed by atoms with E-state index in [1.807, 2.05) is 0 Å². The van der Waals surface area contributed by atoms with Crippen molar-refractivity contribution < 1.29 is 9.53 Å². The minimum atomic E-state index is 0.164. The number of carbonyl (C=O) groups excluding carboxylic acids is 1. The van der Waals surface area contributed by atoms with Crippen molar-refractivity contribution in [1.82, 2.24) is 4.90 Å². The van der Waals surface area contributed by atoms with Gasteiger partial charge in [-0.05, 0) is 31.5 Å². The fourth-order valence-corrected chi connectivity index (χ4v) is 2.81. The van der Waals surface area contributed by atoms with Gasteiger partial charge < -0.3 is 9.53 Å². The number of piperidine rings is 1. The molecule has 1 aliphatic heterocycles. The van der Waals surface area contributed by atoms with E-state index in [0.29, 0.717) is 22.4 Å². The number of benzene rings is 1. The van der Waals surface area contributed by atoms with Crippen LogP contribution in [0.25, 0.3) is 0 Å². The Bertz CT molecular complexity index is 419. The standard InChI is InChI=1S/C14H17Cl2NO2/c15-12-4-1-5-13(16)14(12)19-8-7-17-6-2-3-11(9-17)10-18/h1,4-5,10-11H,2-3,6-9H2. The molecule has 1 unspecified atom stereocenters. The van der Waals surface area contributed by atoms with E-state index in [9.17, 15) is 4.79 Å². The number of hydrogen-bond donors (Lipinski definition) is 0. The first-order valence-corrected chi connectivity index (χ1v) is 7.20. The summed E-state index contributed by atoms with van der Waals surface area (Å²) in [4.78, 5) is 13.0. The largest absolute Gasteiger partial charge is 0.489 e. The van der Waals surface area contributed by atoms with Crippen LogP contribution >= 0.6 is 23.2 Å². The second-order valence-corrected chi connectivity index (χ2v) is 5.55. The van der Waals surface area contributed by atoms with Crippen LogP contribution in [0, 0.1) is 5.92 Å². The van der Waals surface area contributed by atoms with E-state index >= 15 is 0 Å². The van der Waals surface area contributed by atoms with Crippen LogP contribution in [0.3, 0.4) is 0 Å². The minimum absolute atomic E-state index is 0.164. The number of nitrogens with zero attached hydrogens (tertiary/aromatic N) is 1. The highest BCUT2D eigenvalue weighted by molar-refractivity contribution is 6.37. The maximum Gasteiger partial charge on any atom is 0.156 e. The lowest BCUT2D eigenvalue weighted by Gasteiger charge is -2.29. The van der Waals surface area contributed by atoms with Gasteiger partial charge in [0, 0.05) is 19.0 Å². The Labute approximate surface area is 123 Å². The van der Waals surface area contributed by atoms with Crippen LogP contribution in [0.2, 0.25) is 10.0 Å². The number of aldehydes is 1. The van der Waals surface area contributed by atoms with Crippen LogP contribution in [0.15, 0.2) is 18.2 Å². The van der Waals surface area contributed by atoms with Gasteiger partial charge in [0.25, 0.3) is 0 Å². The summed E-state index contributed by atoms with van der Waals surface area (Å²) in [6, 6.07) is 5.30. The fourth-order valence-electron chi connectivity index (χ4n) is 2.30. The maximum atomic E-state index is 10.8. The molecular formula is C14H17Cl2NO2. The van der Waals surface area contributed by atoms with E-state index in [-0.39, 0.29) is 5.92 Å². The molecule has 1 atom stereocenters. The number of carbonyl (C=O) groups is 1. The third-order valence-corrected chi connectivity index (χ3v) is 3.90. The molecular weight excluding hydrogens is 285 g/mol. The molecule has 1 aromatic rings. The van der Waals surface area contributed by atoms with Crippen LogP contribution in [0.5, 0.6) is 5.75 Å². The van der Waals surface area contributed by atoms with Crippen molar-refractivity contribution in [1.29, 1.82) is 0 Å². The van der Waals surface area contributed by atoms with Gasteiger partial charge in [-0.1, -0.05) is 29.3 Å². The van der Waals surface area contributed by atoms with Crippen molar-refractivity contribution >= 4 is 29.5 Å². The Balaban J connectivity index is 1.81. The number of likely N-dealkylation sites (tertiary alicyclic amines) is 1. The van der Waals surface area contributed by atoms with Gasteiger partial charge in [-0.2, -0.15) is 0 Å². The van der Waals surface area contributed by atoms with Crippen molar-refractivity contribution in [2.45, 2.75) is 12.8 Å². The van der Waals surface area contributed by atoms with E-state index in [2.05, 4.69) is 4.90 Å². The zero-order chi connectivity index (χ0) is 13.7. The van der Waals surface area contributed by atoms with E-state index in [1.54, 1.807) is 18.2 Å². The summed E-state index contributed by atoms with van der Waals surface area (Å²) in [6.07, 6.45) is 3.12. The molecule has 2 rings (SSSR count). The summed E-state index contributed by atoms with van der Waals surface area (Å²) >= 11 is 12.1. The lowest BCUT2D eigenvalue weighted by molar-refractivity contribution is -0.112. The summed E-state index contributed by atoms with van der Waals surface area (Å²) in [5.74, 6) is 0.701. The van der Waals surface area contributed by atoms with Crippen LogP contribution in [-0.4, -0.2) is 37.4 Å².